The number of benzene rings is 1. The molecule has 0 bridgehead atoms. The van der Waals surface area contributed by atoms with Crippen molar-refractivity contribution in [2.45, 2.75) is 62.3 Å². The Morgan fingerprint density at radius 3 is 1.39 bits per heavy atom. The summed E-state index contributed by atoms with van der Waals surface area (Å²) in [4.78, 5) is 13.0. The number of rotatable bonds is 9. The highest BCUT2D eigenvalue weighted by molar-refractivity contribution is 7.62. The lowest BCUT2D eigenvalue weighted by Crippen LogP contribution is -2.27. The zero-order valence-electron chi connectivity index (χ0n) is 19.3. The van der Waals surface area contributed by atoms with Gasteiger partial charge in [-0.05, 0) is 16.2 Å². The fourth-order valence-corrected chi connectivity index (χ4v) is 4.80. The Kier molecular flexibility index (Phi) is 8.83. The summed E-state index contributed by atoms with van der Waals surface area (Å²) in [5.74, 6) is -0.00865. The molecule has 1 rings (SSSR count). The predicted octanol–water partition coefficient (Wildman–Crippen LogP) is 6.82. The standard InChI is InChI=1S/C23H40O4P/c1-21(2,3)16-25-28(26-17-22(4,5)6,27-18-23(7,8)9)15-20(24)19-13-11-10-12-14-19/h10-14H,15-18H2,1-9H3/q+1. The summed E-state index contributed by atoms with van der Waals surface area (Å²) < 4.78 is 19.0. The van der Waals surface area contributed by atoms with Gasteiger partial charge in [0.05, 0.1) is 0 Å². The lowest BCUT2D eigenvalue weighted by atomic mass is 9.99. The van der Waals surface area contributed by atoms with Gasteiger partial charge in [0.2, 0.25) is 11.9 Å². The van der Waals surface area contributed by atoms with Crippen molar-refractivity contribution < 1.29 is 18.4 Å². The molecule has 160 valence electrons. The Bertz CT molecular complexity index is 561. The third kappa shape index (κ3) is 10.7. The third-order valence-electron chi connectivity index (χ3n) is 3.52. The molecule has 0 fully saturated rings. The summed E-state index contributed by atoms with van der Waals surface area (Å²) in [7, 11) is -2.86. The van der Waals surface area contributed by atoms with Crippen molar-refractivity contribution >= 4 is 13.7 Å². The normalized spacial score (nSPS) is 13.6. The topological polar surface area (TPSA) is 44.8 Å². The molecule has 0 aliphatic heterocycles. The van der Waals surface area contributed by atoms with Gasteiger partial charge in [-0.25, -0.2) is 0 Å². The summed E-state index contributed by atoms with van der Waals surface area (Å²) in [6, 6.07) is 9.30. The van der Waals surface area contributed by atoms with Gasteiger partial charge in [-0.1, -0.05) is 92.6 Å². The van der Waals surface area contributed by atoms with Gasteiger partial charge in [-0.2, -0.15) is 13.6 Å². The Labute approximate surface area is 172 Å². The molecule has 1 aromatic carbocycles. The maximum atomic E-state index is 13.0. The summed E-state index contributed by atoms with van der Waals surface area (Å²) in [5.41, 5.74) is 0.482. The molecule has 0 saturated heterocycles. The second-order valence-corrected chi connectivity index (χ2v) is 13.4. The maximum Gasteiger partial charge on any atom is 0.419 e. The zero-order chi connectivity index (χ0) is 21.6. The van der Waals surface area contributed by atoms with Gasteiger partial charge >= 0.3 is 7.94 Å². The van der Waals surface area contributed by atoms with E-state index in [4.69, 9.17) is 13.6 Å². The molecule has 0 aliphatic rings. The maximum absolute atomic E-state index is 13.0. The van der Waals surface area contributed by atoms with E-state index in [0.717, 1.165) is 0 Å². The Hall–Kier alpha value is -0.800. The molecule has 0 unspecified atom stereocenters. The van der Waals surface area contributed by atoms with Crippen molar-refractivity contribution in [2.24, 2.45) is 16.2 Å². The Morgan fingerprint density at radius 1 is 0.714 bits per heavy atom. The molecule has 1 aromatic rings. The van der Waals surface area contributed by atoms with Crippen molar-refractivity contribution in [2.75, 3.05) is 26.0 Å². The van der Waals surface area contributed by atoms with E-state index in [2.05, 4.69) is 62.3 Å². The van der Waals surface area contributed by atoms with Crippen molar-refractivity contribution in [3.8, 4) is 0 Å². The quantitative estimate of drug-likeness (QED) is 0.330. The lowest BCUT2D eigenvalue weighted by Gasteiger charge is -2.29. The minimum absolute atomic E-state index is 0.00865. The zero-order valence-corrected chi connectivity index (χ0v) is 20.2. The number of ketones is 1. The molecule has 4 nitrogen and oxygen atoms in total. The molecular formula is C23H40O4P+. The van der Waals surface area contributed by atoms with Crippen LogP contribution in [0.25, 0.3) is 0 Å². The minimum Gasteiger partial charge on any atom is -0.290 e. The van der Waals surface area contributed by atoms with E-state index in [-0.39, 0.29) is 28.2 Å². The molecule has 5 heteroatoms. The second kappa shape index (κ2) is 9.80. The van der Waals surface area contributed by atoms with Crippen LogP contribution in [0.3, 0.4) is 0 Å². The predicted molar refractivity (Wildman–Crippen MR) is 119 cm³/mol. The van der Waals surface area contributed by atoms with Gasteiger partial charge in [-0.3, -0.25) is 4.79 Å². The summed E-state index contributed by atoms with van der Waals surface area (Å²) in [6.45, 7) is 20.4. The van der Waals surface area contributed by atoms with Crippen LogP contribution >= 0.6 is 7.94 Å². The highest BCUT2D eigenvalue weighted by atomic mass is 31.2. The van der Waals surface area contributed by atoms with Crippen molar-refractivity contribution in [3.05, 3.63) is 35.9 Å². The van der Waals surface area contributed by atoms with Crippen molar-refractivity contribution in [3.63, 3.8) is 0 Å². The van der Waals surface area contributed by atoms with Gasteiger partial charge in [-0.15, -0.1) is 0 Å². The van der Waals surface area contributed by atoms with Gasteiger partial charge in [0.15, 0.2) is 0 Å². The first-order chi connectivity index (χ1) is 12.6. The summed E-state index contributed by atoms with van der Waals surface area (Å²) in [5, 5.41) is 0. The molecule has 0 saturated carbocycles. The van der Waals surface area contributed by atoms with E-state index in [1.54, 1.807) is 0 Å². The molecule has 0 N–H and O–H groups in total. The highest BCUT2D eigenvalue weighted by Gasteiger charge is 2.50. The molecule has 28 heavy (non-hydrogen) atoms. The van der Waals surface area contributed by atoms with E-state index >= 15 is 0 Å². The molecule has 0 heterocycles. The molecular weight excluding hydrogens is 371 g/mol. The summed E-state index contributed by atoms with van der Waals surface area (Å²) in [6.07, 6.45) is 0.124. The minimum atomic E-state index is -2.86. The fraction of sp³-hybridized carbons (Fsp3) is 0.696. The molecule has 0 spiro atoms. The first-order valence-corrected chi connectivity index (χ1v) is 11.7. The third-order valence-corrected chi connectivity index (χ3v) is 5.76. The first-order valence-electron chi connectivity index (χ1n) is 10.0. The Morgan fingerprint density at radius 2 is 1.07 bits per heavy atom. The molecule has 0 atom stereocenters. The van der Waals surface area contributed by atoms with Gasteiger partial charge in [0.1, 0.15) is 19.8 Å². The van der Waals surface area contributed by atoms with E-state index in [9.17, 15) is 4.79 Å². The van der Waals surface area contributed by atoms with Gasteiger partial charge in [0, 0.05) is 5.56 Å². The van der Waals surface area contributed by atoms with Crippen LogP contribution in [0, 0.1) is 16.2 Å². The van der Waals surface area contributed by atoms with Gasteiger partial charge < -0.3 is 0 Å². The molecule has 0 radical (unpaired) electrons. The van der Waals surface area contributed by atoms with E-state index in [1.165, 1.54) is 0 Å². The molecule has 0 amide bonds. The van der Waals surface area contributed by atoms with E-state index in [1.807, 2.05) is 30.3 Å². The van der Waals surface area contributed by atoms with Crippen LogP contribution in [0.4, 0.5) is 0 Å². The van der Waals surface area contributed by atoms with Gasteiger partial charge in [0.25, 0.3) is 0 Å². The average Bonchev–Trinajstić information content (AvgIpc) is 2.55. The van der Waals surface area contributed by atoms with Crippen LogP contribution in [0.1, 0.15) is 72.7 Å². The highest BCUT2D eigenvalue weighted by Crippen LogP contribution is 2.64. The SMILES string of the molecule is CC(C)(C)CO[P+](CC(=O)c1ccccc1)(OCC(C)(C)C)OCC(C)(C)C. The summed E-state index contributed by atoms with van der Waals surface area (Å²) >= 11 is 0. The number of Topliss-reactive ketones (excluding diaryl/α,β-unsaturated/α-hetero) is 1. The largest absolute Gasteiger partial charge is 0.419 e. The number of carbonyl (C=O) groups is 1. The molecule has 0 aromatic heterocycles. The second-order valence-electron chi connectivity index (χ2n) is 11.1. The van der Waals surface area contributed by atoms with Crippen LogP contribution < -0.4 is 0 Å². The van der Waals surface area contributed by atoms with E-state index in [0.29, 0.717) is 25.4 Å². The monoisotopic (exact) mass is 411 g/mol. The van der Waals surface area contributed by atoms with Crippen molar-refractivity contribution in [1.29, 1.82) is 0 Å². The lowest BCUT2D eigenvalue weighted by molar-refractivity contribution is 0.0633. The fourth-order valence-electron chi connectivity index (χ4n) is 2.02. The van der Waals surface area contributed by atoms with Crippen molar-refractivity contribution in [1.82, 2.24) is 0 Å². The van der Waals surface area contributed by atoms with Crippen LogP contribution in [0.15, 0.2) is 30.3 Å². The average molecular weight is 412 g/mol. The number of carbonyl (C=O) groups excluding carboxylic acids is 1. The number of hydrogen-bond acceptors (Lipinski definition) is 4. The molecule has 0 aliphatic carbocycles. The van der Waals surface area contributed by atoms with Crippen LogP contribution in [-0.2, 0) is 13.6 Å². The van der Waals surface area contributed by atoms with Crippen LogP contribution in [0.5, 0.6) is 0 Å². The smallest absolute Gasteiger partial charge is 0.290 e. The van der Waals surface area contributed by atoms with Crippen LogP contribution in [-0.4, -0.2) is 31.8 Å². The number of hydrogen-bond donors (Lipinski definition) is 0. The first kappa shape index (κ1) is 25.2. The van der Waals surface area contributed by atoms with E-state index < -0.39 is 7.94 Å². The van der Waals surface area contributed by atoms with Crippen LogP contribution in [0.2, 0.25) is 0 Å². The Balaban J connectivity index is 3.16.